The minimum atomic E-state index is -1.00. The zero-order chi connectivity index (χ0) is 16.1. The van der Waals surface area contributed by atoms with Crippen LogP contribution in [0.2, 0.25) is 0 Å². The third kappa shape index (κ3) is 3.67. The van der Waals surface area contributed by atoms with E-state index in [9.17, 15) is 9.90 Å². The zero-order valence-corrected chi connectivity index (χ0v) is 12.8. The third-order valence-corrected chi connectivity index (χ3v) is 3.29. The lowest BCUT2D eigenvalue weighted by molar-refractivity contribution is -0.131. The highest BCUT2D eigenvalue weighted by molar-refractivity contribution is 5.95. The molecule has 2 aromatic carbocycles. The van der Waals surface area contributed by atoms with E-state index in [4.69, 9.17) is 9.47 Å². The van der Waals surface area contributed by atoms with Gasteiger partial charge < -0.3 is 14.6 Å². The average Bonchev–Trinajstić information content (AvgIpc) is 2.52. The zero-order valence-electron chi connectivity index (χ0n) is 12.8. The lowest BCUT2D eigenvalue weighted by Gasteiger charge is -2.12. The van der Waals surface area contributed by atoms with Gasteiger partial charge in [0.05, 0.1) is 14.2 Å². The number of methoxy groups -OCH3 is 2. The number of hydrogen-bond donors (Lipinski definition) is 1. The van der Waals surface area contributed by atoms with E-state index in [-0.39, 0.29) is 0 Å². The van der Waals surface area contributed by atoms with E-state index >= 15 is 0 Å². The number of aryl methyl sites for hydroxylation is 1. The molecule has 0 aromatic heterocycles. The van der Waals surface area contributed by atoms with E-state index in [1.54, 1.807) is 32.4 Å². The summed E-state index contributed by atoms with van der Waals surface area (Å²) >= 11 is 0. The summed E-state index contributed by atoms with van der Waals surface area (Å²) in [5.41, 5.74) is 3.26. The van der Waals surface area contributed by atoms with Crippen molar-refractivity contribution >= 4 is 11.5 Å². The standard InChI is InChI=1S/C18H18O4/c1-12-4-6-13(7-5-12)17(11-18(19)20)14-8-15(21-2)10-16(9-14)22-3/h4-11H,1-3H3,(H,19,20)/b17-11-. The summed E-state index contributed by atoms with van der Waals surface area (Å²) in [4.78, 5) is 11.2. The molecule has 0 atom stereocenters. The first-order valence-electron chi connectivity index (χ1n) is 6.78. The van der Waals surface area contributed by atoms with Gasteiger partial charge in [0.15, 0.2) is 0 Å². The van der Waals surface area contributed by atoms with Crippen LogP contribution in [-0.4, -0.2) is 25.3 Å². The minimum Gasteiger partial charge on any atom is -0.497 e. The fourth-order valence-electron chi connectivity index (χ4n) is 2.15. The fourth-order valence-corrected chi connectivity index (χ4v) is 2.15. The van der Waals surface area contributed by atoms with E-state index in [0.717, 1.165) is 16.7 Å². The highest BCUT2D eigenvalue weighted by Crippen LogP contribution is 2.31. The molecule has 0 unspecified atom stereocenters. The smallest absolute Gasteiger partial charge is 0.328 e. The van der Waals surface area contributed by atoms with E-state index < -0.39 is 5.97 Å². The van der Waals surface area contributed by atoms with Crippen LogP contribution in [0.1, 0.15) is 16.7 Å². The van der Waals surface area contributed by atoms with Crippen LogP contribution in [0.4, 0.5) is 0 Å². The van der Waals surface area contributed by atoms with Gasteiger partial charge in [-0.15, -0.1) is 0 Å². The second-order valence-corrected chi connectivity index (χ2v) is 4.86. The molecule has 2 aromatic rings. The van der Waals surface area contributed by atoms with Crippen molar-refractivity contribution in [3.05, 3.63) is 65.2 Å². The number of carboxylic acid groups (broad SMARTS) is 1. The summed E-state index contributed by atoms with van der Waals surface area (Å²) in [5.74, 6) is 0.216. The van der Waals surface area contributed by atoms with Gasteiger partial charge in [-0.25, -0.2) is 4.79 Å². The molecule has 0 fully saturated rings. The predicted octanol–water partition coefficient (Wildman–Crippen LogP) is 3.53. The molecule has 0 saturated carbocycles. The molecule has 1 N–H and O–H groups in total. The van der Waals surface area contributed by atoms with Crippen LogP contribution in [0.3, 0.4) is 0 Å². The molecule has 0 aliphatic carbocycles. The number of benzene rings is 2. The number of rotatable bonds is 5. The molecule has 0 spiro atoms. The molecule has 114 valence electrons. The first-order chi connectivity index (χ1) is 10.5. The number of hydrogen-bond acceptors (Lipinski definition) is 3. The van der Waals surface area contributed by atoms with E-state index in [0.29, 0.717) is 17.1 Å². The fraction of sp³-hybridized carbons (Fsp3) is 0.167. The summed E-state index contributed by atoms with van der Waals surface area (Å²) in [6.07, 6.45) is 1.19. The summed E-state index contributed by atoms with van der Waals surface area (Å²) < 4.78 is 10.5. The van der Waals surface area contributed by atoms with Crippen LogP contribution in [0.15, 0.2) is 48.5 Å². The summed E-state index contributed by atoms with van der Waals surface area (Å²) in [6, 6.07) is 13.0. The number of ether oxygens (including phenoxy) is 2. The molecule has 0 aliphatic rings. The number of carboxylic acids is 1. The Morgan fingerprint density at radius 2 is 1.50 bits per heavy atom. The maximum Gasteiger partial charge on any atom is 0.328 e. The second kappa shape index (κ2) is 6.80. The minimum absolute atomic E-state index is 0.602. The van der Waals surface area contributed by atoms with Crippen LogP contribution >= 0.6 is 0 Å². The molecule has 0 saturated heterocycles. The summed E-state index contributed by atoms with van der Waals surface area (Å²) in [5, 5.41) is 9.18. The molecule has 0 bridgehead atoms. The highest BCUT2D eigenvalue weighted by atomic mass is 16.5. The molecule has 22 heavy (non-hydrogen) atoms. The van der Waals surface area contributed by atoms with Crippen molar-refractivity contribution in [2.45, 2.75) is 6.92 Å². The Morgan fingerprint density at radius 1 is 0.955 bits per heavy atom. The molecule has 4 nitrogen and oxygen atoms in total. The second-order valence-electron chi connectivity index (χ2n) is 4.86. The topological polar surface area (TPSA) is 55.8 Å². The number of carbonyl (C=O) groups is 1. The Bertz CT molecular complexity index is 677. The van der Waals surface area contributed by atoms with Crippen LogP contribution in [0, 0.1) is 6.92 Å². The maximum absolute atomic E-state index is 11.2. The molecular weight excluding hydrogens is 280 g/mol. The maximum atomic E-state index is 11.2. The summed E-state index contributed by atoms with van der Waals surface area (Å²) in [6.45, 7) is 1.99. The van der Waals surface area contributed by atoms with E-state index in [1.807, 2.05) is 31.2 Å². The van der Waals surface area contributed by atoms with Gasteiger partial charge in [0.1, 0.15) is 11.5 Å². The molecule has 0 aliphatic heterocycles. The molecule has 4 heteroatoms. The Kier molecular flexibility index (Phi) is 4.84. The van der Waals surface area contributed by atoms with Crippen molar-refractivity contribution < 1.29 is 19.4 Å². The first-order valence-corrected chi connectivity index (χ1v) is 6.78. The average molecular weight is 298 g/mol. The van der Waals surface area contributed by atoms with Crippen LogP contribution in [0.5, 0.6) is 11.5 Å². The summed E-state index contributed by atoms with van der Waals surface area (Å²) in [7, 11) is 3.12. The first kappa shape index (κ1) is 15.6. The SMILES string of the molecule is COc1cc(OC)cc(/C(=C\C(=O)O)c2ccc(C)cc2)c1. The lowest BCUT2D eigenvalue weighted by atomic mass is 9.96. The molecular formula is C18H18O4. The molecule has 2 rings (SSSR count). The lowest BCUT2D eigenvalue weighted by Crippen LogP contribution is -1.97. The monoisotopic (exact) mass is 298 g/mol. The van der Waals surface area contributed by atoms with Gasteiger partial charge in [0.2, 0.25) is 0 Å². The van der Waals surface area contributed by atoms with E-state index in [1.165, 1.54) is 6.08 Å². The van der Waals surface area contributed by atoms with Crippen LogP contribution in [-0.2, 0) is 4.79 Å². The van der Waals surface area contributed by atoms with Gasteiger partial charge in [-0.1, -0.05) is 29.8 Å². The Labute approximate surface area is 129 Å². The van der Waals surface area contributed by atoms with Gasteiger partial charge in [-0.3, -0.25) is 0 Å². The third-order valence-electron chi connectivity index (χ3n) is 3.29. The molecule has 0 amide bonds. The van der Waals surface area contributed by atoms with Crippen molar-refractivity contribution in [3.8, 4) is 11.5 Å². The van der Waals surface area contributed by atoms with E-state index in [2.05, 4.69) is 0 Å². The molecule has 0 radical (unpaired) electrons. The normalized spacial score (nSPS) is 11.1. The number of aliphatic carboxylic acids is 1. The Hall–Kier alpha value is -2.75. The van der Waals surface area contributed by atoms with Gasteiger partial charge >= 0.3 is 5.97 Å². The predicted molar refractivity (Wildman–Crippen MR) is 85.4 cm³/mol. The van der Waals surface area contributed by atoms with Crippen molar-refractivity contribution in [2.75, 3.05) is 14.2 Å². The van der Waals surface area contributed by atoms with Gasteiger partial charge in [0, 0.05) is 12.1 Å². The van der Waals surface area contributed by atoms with Crippen molar-refractivity contribution in [3.63, 3.8) is 0 Å². The quantitative estimate of drug-likeness (QED) is 0.858. The van der Waals surface area contributed by atoms with Gasteiger partial charge in [-0.05, 0) is 35.8 Å². The van der Waals surface area contributed by atoms with Crippen LogP contribution in [0.25, 0.3) is 5.57 Å². The van der Waals surface area contributed by atoms with Crippen LogP contribution < -0.4 is 9.47 Å². The van der Waals surface area contributed by atoms with Gasteiger partial charge in [-0.2, -0.15) is 0 Å². The largest absolute Gasteiger partial charge is 0.497 e. The highest BCUT2D eigenvalue weighted by Gasteiger charge is 2.11. The van der Waals surface area contributed by atoms with Gasteiger partial charge in [0.25, 0.3) is 0 Å². The Balaban J connectivity index is 2.60. The molecule has 0 heterocycles. The van der Waals surface area contributed by atoms with Crippen molar-refractivity contribution in [2.24, 2.45) is 0 Å². The van der Waals surface area contributed by atoms with Crippen molar-refractivity contribution in [1.29, 1.82) is 0 Å². The Morgan fingerprint density at radius 3 is 1.95 bits per heavy atom. The van der Waals surface area contributed by atoms with Crippen molar-refractivity contribution in [1.82, 2.24) is 0 Å².